The van der Waals surface area contributed by atoms with E-state index in [0.717, 1.165) is 62.6 Å². The van der Waals surface area contributed by atoms with Crippen molar-refractivity contribution < 1.29 is 19.1 Å². The van der Waals surface area contributed by atoms with E-state index in [9.17, 15) is 9.59 Å². The molecule has 35 heavy (non-hydrogen) atoms. The van der Waals surface area contributed by atoms with Crippen molar-refractivity contribution in [2.45, 2.75) is 70.0 Å². The fraction of sp³-hybridized carbons (Fsp3) is 0.500. The first-order valence-corrected chi connectivity index (χ1v) is 12.7. The summed E-state index contributed by atoms with van der Waals surface area (Å²) >= 11 is 0. The Morgan fingerprint density at radius 3 is 2.34 bits per heavy atom. The molecule has 0 radical (unpaired) electrons. The SMILES string of the molecule is COc1ccc(C(=O)N(Cc2cccc(NC(=O)C3CCCC3)c2)C2CCC(N)CC2)cc1OC. The van der Waals surface area contributed by atoms with E-state index < -0.39 is 0 Å². The van der Waals surface area contributed by atoms with Crippen LogP contribution in [0.3, 0.4) is 0 Å². The van der Waals surface area contributed by atoms with Gasteiger partial charge in [-0.1, -0.05) is 25.0 Å². The van der Waals surface area contributed by atoms with Gasteiger partial charge in [-0.25, -0.2) is 0 Å². The third-order valence-electron chi connectivity index (χ3n) is 7.35. The monoisotopic (exact) mass is 479 g/mol. The van der Waals surface area contributed by atoms with Crippen LogP contribution >= 0.6 is 0 Å². The van der Waals surface area contributed by atoms with E-state index >= 15 is 0 Å². The summed E-state index contributed by atoms with van der Waals surface area (Å²) in [6, 6.07) is 13.4. The molecule has 2 aromatic rings. The second kappa shape index (κ2) is 11.6. The van der Waals surface area contributed by atoms with Crippen LogP contribution in [0.4, 0.5) is 5.69 Å². The number of rotatable bonds is 8. The minimum atomic E-state index is -0.0492. The number of carbonyl (C=O) groups is 2. The molecule has 3 N–H and O–H groups in total. The Bertz CT molecular complexity index is 1030. The highest BCUT2D eigenvalue weighted by Gasteiger charge is 2.29. The van der Waals surface area contributed by atoms with Gasteiger partial charge in [0.2, 0.25) is 5.91 Å². The maximum Gasteiger partial charge on any atom is 0.254 e. The van der Waals surface area contributed by atoms with Crippen molar-refractivity contribution in [3.05, 3.63) is 53.6 Å². The molecule has 0 heterocycles. The summed E-state index contributed by atoms with van der Waals surface area (Å²) in [7, 11) is 3.15. The topological polar surface area (TPSA) is 93.9 Å². The molecule has 0 atom stereocenters. The van der Waals surface area contributed by atoms with Gasteiger partial charge < -0.3 is 25.4 Å². The normalized spacial score (nSPS) is 20.3. The Kier molecular flexibility index (Phi) is 8.29. The average molecular weight is 480 g/mol. The first-order valence-electron chi connectivity index (χ1n) is 12.7. The number of nitrogens with one attached hydrogen (secondary N) is 1. The number of carbonyl (C=O) groups excluding carboxylic acids is 2. The Morgan fingerprint density at radius 1 is 0.943 bits per heavy atom. The maximum atomic E-state index is 13.8. The van der Waals surface area contributed by atoms with Crippen molar-refractivity contribution in [2.75, 3.05) is 19.5 Å². The van der Waals surface area contributed by atoms with Gasteiger partial charge in [-0.05, 0) is 74.4 Å². The van der Waals surface area contributed by atoms with Gasteiger partial charge in [0.25, 0.3) is 5.91 Å². The fourth-order valence-corrected chi connectivity index (χ4v) is 5.29. The highest BCUT2D eigenvalue weighted by atomic mass is 16.5. The van der Waals surface area contributed by atoms with Crippen LogP contribution in [0.5, 0.6) is 11.5 Å². The van der Waals surface area contributed by atoms with Gasteiger partial charge in [0, 0.05) is 35.8 Å². The Hall–Kier alpha value is -3.06. The van der Waals surface area contributed by atoms with E-state index in [4.69, 9.17) is 15.2 Å². The summed E-state index contributed by atoms with van der Waals surface area (Å²) in [6.07, 6.45) is 7.71. The van der Waals surface area contributed by atoms with E-state index in [-0.39, 0.29) is 29.8 Å². The molecule has 188 valence electrons. The van der Waals surface area contributed by atoms with Crippen LogP contribution in [0.15, 0.2) is 42.5 Å². The van der Waals surface area contributed by atoms with Gasteiger partial charge in [-0.15, -0.1) is 0 Å². The largest absolute Gasteiger partial charge is 0.493 e. The molecule has 0 aromatic heterocycles. The number of hydrogen-bond donors (Lipinski definition) is 2. The molecule has 0 spiro atoms. The smallest absolute Gasteiger partial charge is 0.254 e. The van der Waals surface area contributed by atoms with Gasteiger partial charge in [0.15, 0.2) is 11.5 Å². The van der Waals surface area contributed by atoms with Crippen molar-refractivity contribution in [1.82, 2.24) is 4.90 Å². The minimum Gasteiger partial charge on any atom is -0.493 e. The summed E-state index contributed by atoms with van der Waals surface area (Å²) in [5, 5.41) is 3.08. The third kappa shape index (κ3) is 6.14. The maximum absolute atomic E-state index is 13.8. The van der Waals surface area contributed by atoms with Crippen LogP contribution in [0.25, 0.3) is 0 Å². The predicted octanol–water partition coefficient (Wildman–Crippen LogP) is 4.74. The number of methoxy groups -OCH3 is 2. The van der Waals surface area contributed by atoms with Crippen LogP contribution in [-0.2, 0) is 11.3 Å². The first-order chi connectivity index (χ1) is 17.0. The van der Waals surface area contributed by atoms with E-state index in [2.05, 4.69) is 5.32 Å². The Morgan fingerprint density at radius 2 is 1.66 bits per heavy atom. The first kappa shape index (κ1) is 25.0. The molecule has 0 unspecified atom stereocenters. The summed E-state index contributed by atoms with van der Waals surface area (Å²) < 4.78 is 10.8. The number of ether oxygens (including phenoxy) is 2. The zero-order valence-electron chi connectivity index (χ0n) is 20.8. The number of benzene rings is 2. The molecule has 2 aliphatic carbocycles. The molecule has 0 aliphatic heterocycles. The van der Waals surface area contributed by atoms with Gasteiger partial charge in [-0.3, -0.25) is 9.59 Å². The van der Waals surface area contributed by atoms with Crippen LogP contribution in [-0.4, -0.2) is 43.0 Å². The molecule has 2 aliphatic rings. The summed E-state index contributed by atoms with van der Waals surface area (Å²) in [5.74, 6) is 1.27. The molecule has 2 amide bonds. The fourth-order valence-electron chi connectivity index (χ4n) is 5.29. The number of amides is 2. The quantitative estimate of drug-likeness (QED) is 0.570. The van der Waals surface area contributed by atoms with Crippen molar-refractivity contribution in [2.24, 2.45) is 11.7 Å². The lowest BCUT2D eigenvalue weighted by Crippen LogP contribution is -2.43. The summed E-state index contributed by atoms with van der Waals surface area (Å²) in [5.41, 5.74) is 8.47. The lowest BCUT2D eigenvalue weighted by Gasteiger charge is -2.36. The molecule has 2 fully saturated rings. The van der Waals surface area contributed by atoms with Crippen LogP contribution in [0.2, 0.25) is 0 Å². The lowest BCUT2D eigenvalue weighted by molar-refractivity contribution is -0.119. The van der Waals surface area contributed by atoms with Crippen LogP contribution in [0, 0.1) is 5.92 Å². The minimum absolute atomic E-state index is 0.0492. The van der Waals surface area contributed by atoms with Crippen LogP contribution < -0.4 is 20.5 Å². The summed E-state index contributed by atoms with van der Waals surface area (Å²) in [4.78, 5) is 28.3. The second-order valence-electron chi connectivity index (χ2n) is 9.74. The van der Waals surface area contributed by atoms with Gasteiger partial charge >= 0.3 is 0 Å². The van der Waals surface area contributed by atoms with Gasteiger partial charge in [0.05, 0.1) is 14.2 Å². The molecule has 0 bridgehead atoms. The number of anilines is 1. The zero-order valence-corrected chi connectivity index (χ0v) is 20.8. The van der Waals surface area contributed by atoms with E-state index in [1.165, 1.54) is 0 Å². The average Bonchev–Trinajstić information content (AvgIpc) is 3.43. The van der Waals surface area contributed by atoms with Crippen molar-refractivity contribution in [1.29, 1.82) is 0 Å². The standard InChI is InChI=1S/C28H37N3O4/c1-34-25-15-10-21(17-26(25)35-2)28(33)31(24-13-11-22(29)12-14-24)18-19-6-5-9-23(16-19)30-27(32)20-7-3-4-8-20/h5-6,9-10,15-17,20,22,24H,3-4,7-8,11-14,18,29H2,1-2H3,(H,30,32). The van der Waals surface area contributed by atoms with E-state index in [1.54, 1.807) is 32.4 Å². The van der Waals surface area contributed by atoms with Crippen molar-refractivity contribution >= 4 is 17.5 Å². The third-order valence-corrected chi connectivity index (χ3v) is 7.35. The molecule has 7 nitrogen and oxygen atoms in total. The molecule has 4 rings (SSSR count). The highest BCUT2D eigenvalue weighted by Crippen LogP contribution is 2.31. The van der Waals surface area contributed by atoms with Gasteiger partial charge in [0.1, 0.15) is 0 Å². The predicted molar refractivity (Wildman–Crippen MR) is 137 cm³/mol. The van der Waals surface area contributed by atoms with E-state index in [0.29, 0.717) is 23.6 Å². The number of nitrogens with zero attached hydrogens (tertiary/aromatic N) is 1. The Labute approximate surface area is 208 Å². The molecular formula is C28H37N3O4. The van der Waals surface area contributed by atoms with Crippen molar-refractivity contribution in [3.63, 3.8) is 0 Å². The number of hydrogen-bond acceptors (Lipinski definition) is 5. The lowest BCUT2D eigenvalue weighted by atomic mass is 9.90. The molecule has 2 saturated carbocycles. The molecule has 0 saturated heterocycles. The number of nitrogens with two attached hydrogens (primary N) is 1. The molecule has 2 aromatic carbocycles. The Balaban J connectivity index is 1.55. The zero-order chi connectivity index (χ0) is 24.8. The second-order valence-corrected chi connectivity index (χ2v) is 9.74. The van der Waals surface area contributed by atoms with E-state index in [1.807, 2.05) is 29.2 Å². The summed E-state index contributed by atoms with van der Waals surface area (Å²) in [6.45, 7) is 0.459. The highest BCUT2D eigenvalue weighted by molar-refractivity contribution is 5.95. The van der Waals surface area contributed by atoms with Crippen molar-refractivity contribution in [3.8, 4) is 11.5 Å². The molecular weight excluding hydrogens is 442 g/mol. The van der Waals surface area contributed by atoms with Gasteiger partial charge in [-0.2, -0.15) is 0 Å². The van der Waals surface area contributed by atoms with Crippen LogP contribution in [0.1, 0.15) is 67.3 Å². The molecule has 7 heteroatoms.